The smallest absolute Gasteiger partial charge is 0.162 e. The zero-order valence-electron chi connectivity index (χ0n) is 11.1. The highest BCUT2D eigenvalue weighted by Gasteiger charge is 2.12. The molecule has 2 rings (SSSR count). The molecule has 1 aliphatic heterocycles. The summed E-state index contributed by atoms with van der Waals surface area (Å²) in [6.07, 6.45) is 2.65. The van der Waals surface area contributed by atoms with Crippen LogP contribution in [0.5, 0.6) is 0 Å². The molecule has 0 unspecified atom stereocenters. The quantitative estimate of drug-likeness (QED) is 0.456. The fraction of sp³-hybridized carbons (Fsp3) is 0.533. The highest BCUT2D eigenvalue weighted by molar-refractivity contribution is 9.09. The van der Waals surface area contributed by atoms with Gasteiger partial charge in [-0.1, -0.05) is 15.9 Å². The first-order valence-corrected chi connectivity index (χ1v) is 7.95. The van der Waals surface area contributed by atoms with Gasteiger partial charge in [0.05, 0.1) is 13.2 Å². The fourth-order valence-corrected chi connectivity index (χ4v) is 2.60. The summed E-state index contributed by atoms with van der Waals surface area (Å²) in [5.74, 6) is 0.245. The van der Waals surface area contributed by atoms with E-state index in [9.17, 15) is 4.79 Å². The predicted molar refractivity (Wildman–Crippen MR) is 81.4 cm³/mol. The number of halogens is 1. The molecule has 0 aromatic heterocycles. The van der Waals surface area contributed by atoms with Crippen LogP contribution < -0.4 is 4.90 Å². The van der Waals surface area contributed by atoms with Crippen molar-refractivity contribution in [3.63, 3.8) is 0 Å². The molecule has 1 heterocycles. The molecule has 1 aromatic carbocycles. The highest BCUT2D eigenvalue weighted by Crippen LogP contribution is 2.18. The van der Waals surface area contributed by atoms with Crippen LogP contribution in [0.4, 0.5) is 5.69 Å². The number of carbonyl (C=O) groups excluding carboxylic acids is 1. The van der Waals surface area contributed by atoms with Crippen molar-refractivity contribution in [2.45, 2.75) is 19.3 Å². The monoisotopic (exact) mass is 325 g/mol. The number of benzene rings is 1. The molecule has 0 atom stereocenters. The van der Waals surface area contributed by atoms with Crippen molar-refractivity contribution in [2.24, 2.45) is 0 Å². The van der Waals surface area contributed by atoms with E-state index in [0.29, 0.717) is 6.42 Å². The van der Waals surface area contributed by atoms with Crippen LogP contribution in [0.15, 0.2) is 24.3 Å². The van der Waals surface area contributed by atoms with Crippen LogP contribution in [0.2, 0.25) is 0 Å². The molecule has 4 heteroatoms. The molecule has 0 bridgehead atoms. The van der Waals surface area contributed by atoms with Crippen molar-refractivity contribution < 1.29 is 9.53 Å². The predicted octanol–water partition coefficient (Wildman–Crippen LogP) is 3.27. The van der Waals surface area contributed by atoms with E-state index in [-0.39, 0.29) is 5.78 Å². The van der Waals surface area contributed by atoms with Crippen LogP contribution in [-0.2, 0) is 4.74 Å². The molecule has 1 aliphatic rings. The van der Waals surface area contributed by atoms with Gasteiger partial charge < -0.3 is 9.64 Å². The second-order valence-electron chi connectivity index (χ2n) is 4.72. The van der Waals surface area contributed by atoms with E-state index < -0.39 is 0 Å². The van der Waals surface area contributed by atoms with Gasteiger partial charge in [-0.2, -0.15) is 0 Å². The van der Waals surface area contributed by atoms with Crippen molar-refractivity contribution in [3.8, 4) is 0 Å². The van der Waals surface area contributed by atoms with Gasteiger partial charge in [0.25, 0.3) is 0 Å². The number of unbranched alkanes of at least 4 members (excludes halogenated alkanes) is 1. The number of alkyl halides is 1. The molecule has 0 N–H and O–H groups in total. The summed E-state index contributed by atoms with van der Waals surface area (Å²) in [6, 6.07) is 7.98. The third kappa shape index (κ3) is 4.32. The summed E-state index contributed by atoms with van der Waals surface area (Å²) >= 11 is 3.38. The standard InChI is InChI=1S/C15H20BrNO2/c16-8-2-1-3-15(18)13-4-6-14(7-5-13)17-9-11-19-12-10-17/h4-7H,1-3,8-12H2. The highest BCUT2D eigenvalue weighted by atomic mass is 79.9. The maximum Gasteiger partial charge on any atom is 0.162 e. The molecular weight excluding hydrogens is 306 g/mol. The van der Waals surface area contributed by atoms with Crippen molar-refractivity contribution in [3.05, 3.63) is 29.8 Å². The lowest BCUT2D eigenvalue weighted by Gasteiger charge is -2.28. The van der Waals surface area contributed by atoms with Crippen molar-refractivity contribution in [2.75, 3.05) is 36.5 Å². The van der Waals surface area contributed by atoms with Gasteiger partial charge in [0, 0.05) is 36.1 Å². The molecular formula is C15H20BrNO2. The summed E-state index contributed by atoms with van der Waals surface area (Å²) in [5, 5.41) is 0.969. The van der Waals surface area contributed by atoms with Crippen LogP contribution in [0, 0.1) is 0 Å². The van der Waals surface area contributed by atoms with Gasteiger partial charge in [0.2, 0.25) is 0 Å². The van der Waals surface area contributed by atoms with Crippen LogP contribution in [0.25, 0.3) is 0 Å². The molecule has 1 saturated heterocycles. The number of hydrogen-bond donors (Lipinski definition) is 0. The lowest BCUT2D eigenvalue weighted by atomic mass is 10.1. The number of hydrogen-bond acceptors (Lipinski definition) is 3. The minimum Gasteiger partial charge on any atom is -0.378 e. The third-order valence-electron chi connectivity index (χ3n) is 3.35. The summed E-state index contributed by atoms with van der Waals surface area (Å²) in [4.78, 5) is 14.3. The number of Topliss-reactive ketones (excluding diaryl/α,β-unsaturated/α-hetero) is 1. The summed E-state index contributed by atoms with van der Waals surface area (Å²) in [5.41, 5.74) is 2.01. The average molecular weight is 326 g/mol. The maximum absolute atomic E-state index is 12.0. The zero-order valence-corrected chi connectivity index (χ0v) is 12.7. The van der Waals surface area contributed by atoms with E-state index in [4.69, 9.17) is 4.74 Å². The molecule has 19 heavy (non-hydrogen) atoms. The van der Waals surface area contributed by atoms with Gasteiger partial charge in [-0.3, -0.25) is 4.79 Å². The van der Waals surface area contributed by atoms with Crippen LogP contribution >= 0.6 is 15.9 Å². The summed E-state index contributed by atoms with van der Waals surface area (Å²) in [6.45, 7) is 3.43. The largest absolute Gasteiger partial charge is 0.378 e. The van der Waals surface area contributed by atoms with Gasteiger partial charge in [-0.05, 0) is 37.1 Å². The lowest BCUT2D eigenvalue weighted by Crippen LogP contribution is -2.36. The summed E-state index contributed by atoms with van der Waals surface area (Å²) in [7, 11) is 0. The SMILES string of the molecule is O=C(CCCCBr)c1ccc(N2CCOCC2)cc1. The van der Waals surface area contributed by atoms with E-state index in [1.807, 2.05) is 24.3 Å². The average Bonchev–Trinajstić information content (AvgIpc) is 2.48. The Morgan fingerprint density at radius 3 is 2.47 bits per heavy atom. The number of ketones is 1. The number of ether oxygens (including phenoxy) is 1. The van der Waals surface area contributed by atoms with Gasteiger partial charge >= 0.3 is 0 Å². The Morgan fingerprint density at radius 2 is 1.84 bits per heavy atom. The minimum absolute atomic E-state index is 0.245. The molecule has 0 radical (unpaired) electrons. The van der Waals surface area contributed by atoms with Gasteiger partial charge in [-0.25, -0.2) is 0 Å². The zero-order chi connectivity index (χ0) is 13.5. The van der Waals surface area contributed by atoms with Gasteiger partial charge in [0.15, 0.2) is 5.78 Å². The minimum atomic E-state index is 0.245. The van der Waals surface area contributed by atoms with Crippen LogP contribution in [0.3, 0.4) is 0 Å². The van der Waals surface area contributed by atoms with E-state index in [0.717, 1.165) is 50.0 Å². The first-order valence-electron chi connectivity index (χ1n) is 6.83. The molecule has 3 nitrogen and oxygen atoms in total. The van der Waals surface area contributed by atoms with Crippen molar-refractivity contribution >= 4 is 27.4 Å². The number of anilines is 1. The Morgan fingerprint density at radius 1 is 1.16 bits per heavy atom. The summed E-state index contributed by atoms with van der Waals surface area (Å²) < 4.78 is 5.34. The molecule has 1 aromatic rings. The van der Waals surface area contributed by atoms with Crippen molar-refractivity contribution in [1.29, 1.82) is 0 Å². The first-order chi connectivity index (χ1) is 9.31. The lowest BCUT2D eigenvalue weighted by molar-refractivity contribution is 0.0980. The number of morpholine rings is 1. The second-order valence-corrected chi connectivity index (χ2v) is 5.51. The van der Waals surface area contributed by atoms with Crippen LogP contribution in [0.1, 0.15) is 29.6 Å². The second kappa shape index (κ2) is 7.65. The Balaban J connectivity index is 1.91. The normalized spacial score (nSPS) is 15.5. The Kier molecular flexibility index (Phi) is 5.86. The number of rotatable bonds is 6. The Labute approximate surface area is 123 Å². The van der Waals surface area contributed by atoms with E-state index in [1.54, 1.807) is 0 Å². The first kappa shape index (κ1) is 14.5. The maximum atomic E-state index is 12.0. The molecule has 104 valence electrons. The molecule has 0 amide bonds. The van der Waals surface area contributed by atoms with E-state index in [2.05, 4.69) is 20.8 Å². The molecule has 1 fully saturated rings. The fourth-order valence-electron chi connectivity index (χ4n) is 2.20. The topological polar surface area (TPSA) is 29.5 Å². The Hall–Kier alpha value is -0.870. The number of carbonyl (C=O) groups is 1. The molecule has 0 spiro atoms. The van der Waals surface area contributed by atoms with Crippen molar-refractivity contribution in [1.82, 2.24) is 0 Å². The van der Waals surface area contributed by atoms with Gasteiger partial charge in [-0.15, -0.1) is 0 Å². The van der Waals surface area contributed by atoms with E-state index >= 15 is 0 Å². The number of nitrogens with zero attached hydrogens (tertiary/aromatic N) is 1. The van der Waals surface area contributed by atoms with Gasteiger partial charge in [0.1, 0.15) is 0 Å². The third-order valence-corrected chi connectivity index (χ3v) is 3.91. The van der Waals surface area contributed by atoms with E-state index in [1.165, 1.54) is 5.69 Å². The molecule has 0 aliphatic carbocycles. The molecule has 0 saturated carbocycles. The van der Waals surface area contributed by atoms with Crippen LogP contribution in [-0.4, -0.2) is 37.4 Å². The Bertz CT molecular complexity index is 399.